The lowest BCUT2D eigenvalue weighted by molar-refractivity contribution is -0.137. The highest BCUT2D eigenvalue weighted by Gasteiger charge is 2.34. The Hall–Kier alpha value is -2.21. The summed E-state index contributed by atoms with van der Waals surface area (Å²) in [7, 11) is 0. The van der Waals surface area contributed by atoms with Crippen molar-refractivity contribution in [2.45, 2.75) is 33.1 Å². The second kappa shape index (κ2) is 7.35. The molecular formula is C18H17ClF3NO2. The standard InChI is InChI=1S/C18H17ClF3NO2/c1-10-4-5-11(2)16(8-10)25-12(3)17(24)23-15-7-6-13(19)9-14(15)18(20,21)22/h4-9,12H,1-3H3,(H,23,24). The largest absolute Gasteiger partial charge is 0.481 e. The van der Waals surface area contributed by atoms with Gasteiger partial charge in [0.15, 0.2) is 6.10 Å². The van der Waals surface area contributed by atoms with E-state index in [4.69, 9.17) is 16.3 Å². The number of hydrogen-bond donors (Lipinski definition) is 1. The van der Waals surface area contributed by atoms with Gasteiger partial charge in [-0.2, -0.15) is 13.2 Å². The number of aryl methyl sites for hydroxylation is 2. The zero-order valence-electron chi connectivity index (χ0n) is 13.9. The Balaban J connectivity index is 2.18. The molecule has 1 amide bonds. The molecule has 134 valence electrons. The number of anilines is 1. The Kier molecular flexibility index (Phi) is 5.62. The fraction of sp³-hybridized carbons (Fsp3) is 0.278. The fourth-order valence-electron chi connectivity index (χ4n) is 2.17. The quantitative estimate of drug-likeness (QED) is 0.783. The predicted molar refractivity (Wildman–Crippen MR) is 91.1 cm³/mol. The third kappa shape index (κ3) is 4.89. The Morgan fingerprint density at radius 3 is 2.48 bits per heavy atom. The molecule has 0 aromatic heterocycles. The number of alkyl halides is 3. The van der Waals surface area contributed by atoms with Crippen LogP contribution in [0.3, 0.4) is 0 Å². The molecule has 2 aromatic carbocycles. The van der Waals surface area contributed by atoms with Crippen molar-refractivity contribution in [2.24, 2.45) is 0 Å². The molecule has 0 heterocycles. The second-order valence-electron chi connectivity index (χ2n) is 5.71. The summed E-state index contributed by atoms with van der Waals surface area (Å²) in [4.78, 5) is 12.2. The van der Waals surface area contributed by atoms with Gasteiger partial charge in [-0.1, -0.05) is 23.7 Å². The molecule has 0 aliphatic rings. The molecule has 0 aliphatic carbocycles. The van der Waals surface area contributed by atoms with Gasteiger partial charge in [0.2, 0.25) is 0 Å². The lowest BCUT2D eigenvalue weighted by atomic mass is 10.1. The van der Waals surface area contributed by atoms with Gasteiger partial charge in [-0.15, -0.1) is 0 Å². The van der Waals surface area contributed by atoms with Crippen molar-refractivity contribution >= 4 is 23.2 Å². The monoisotopic (exact) mass is 371 g/mol. The molecule has 2 aromatic rings. The Morgan fingerprint density at radius 1 is 1.16 bits per heavy atom. The van der Waals surface area contributed by atoms with Crippen LogP contribution in [0.2, 0.25) is 5.02 Å². The molecule has 0 aliphatic heterocycles. The van der Waals surface area contributed by atoms with Crippen LogP contribution < -0.4 is 10.1 Å². The normalized spacial score (nSPS) is 12.6. The van der Waals surface area contributed by atoms with E-state index in [1.807, 2.05) is 26.0 Å². The van der Waals surface area contributed by atoms with Gasteiger partial charge < -0.3 is 10.1 Å². The minimum atomic E-state index is -4.63. The lowest BCUT2D eigenvalue weighted by Gasteiger charge is -2.19. The number of ether oxygens (including phenoxy) is 1. The summed E-state index contributed by atoms with van der Waals surface area (Å²) < 4.78 is 44.8. The van der Waals surface area contributed by atoms with E-state index in [2.05, 4.69) is 5.32 Å². The molecular weight excluding hydrogens is 355 g/mol. The third-order valence-electron chi connectivity index (χ3n) is 3.56. The molecule has 1 atom stereocenters. The maximum absolute atomic E-state index is 13.1. The van der Waals surface area contributed by atoms with Gasteiger partial charge >= 0.3 is 6.18 Å². The highest BCUT2D eigenvalue weighted by molar-refractivity contribution is 6.30. The molecule has 0 fully saturated rings. The number of amides is 1. The predicted octanol–water partition coefficient (Wildman–Crippen LogP) is 5.38. The second-order valence-corrected chi connectivity index (χ2v) is 6.14. The van der Waals surface area contributed by atoms with Gasteiger partial charge in [-0.05, 0) is 56.2 Å². The topological polar surface area (TPSA) is 38.3 Å². The molecule has 7 heteroatoms. The smallest absolute Gasteiger partial charge is 0.418 e. The van der Waals surface area contributed by atoms with Crippen LogP contribution in [0.1, 0.15) is 23.6 Å². The summed E-state index contributed by atoms with van der Waals surface area (Å²) in [5.41, 5.74) is 0.406. The first kappa shape index (κ1) is 19.1. The van der Waals surface area contributed by atoms with Crippen molar-refractivity contribution < 1.29 is 22.7 Å². The van der Waals surface area contributed by atoms with Gasteiger partial charge in [-0.25, -0.2) is 0 Å². The third-order valence-corrected chi connectivity index (χ3v) is 3.80. The molecule has 1 unspecified atom stereocenters. The first-order valence-electron chi connectivity index (χ1n) is 7.49. The van der Waals surface area contributed by atoms with E-state index in [0.717, 1.165) is 23.3 Å². The van der Waals surface area contributed by atoms with E-state index in [0.29, 0.717) is 5.75 Å². The highest BCUT2D eigenvalue weighted by Crippen LogP contribution is 2.36. The van der Waals surface area contributed by atoms with Gasteiger partial charge in [0, 0.05) is 5.02 Å². The van der Waals surface area contributed by atoms with Gasteiger partial charge in [0.1, 0.15) is 5.75 Å². The number of carbonyl (C=O) groups is 1. The number of hydrogen-bond acceptors (Lipinski definition) is 2. The molecule has 3 nitrogen and oxygen atoms in total. The van der Waals surface area contributed by atoms with Gasteiger partial charge in [0.05, 0.1) is 11.3 Å². The number of nitrogens with one attached hydrogen (secondary N) is 1. The van der Waals surface area contributed by atoms with Crippen LogP contribution in [0.15, 0.2) is 36.4 Å². The average molecular weight is 372 g/mol. The summed E-state index contributed by atoms with van der Waals surface area (Å²) in [6.45, 7) is 5.17. The van der Waals surface area contributed by atoms with Crippen LogP contribution in [0, 0.1) is 13.8 Å². The summed E-state index contributed by atoms with van der Waals surface area (Å²) >= 11 is 5.62. The van der Waals surface area contributed by atoms with Crippen molar-refractivity contribution in [3.63, 3.8) is 0 Å². The molecule has 0 bridgehead atoms. The zero-order valence-corrected chi connectivity index (χ0v) is 14.6. The van der Waals surface area contributed by atoms with Crippen LogP contribution in [-0.4, -0.2) is 12.0 Å². The molecule has 0 radical (unpaired) electrons. The molecule has 0 saturated heterocycles. The fourth-order valence-corrected chi connectivity index (χ4v) is 2.34. The van der Waals surface area contributed by atoms with E-state index in [9.17, 15) is 18.0 Å². The van der Waals surface area contributed by atoms with E-state index in [1.165, 1.54) is 13.0 Å². The van der Waals surface area contributed by atoms with E-state index in [-0.39, 0.29) is 10.7 Å². The van der Waals surface area contributed by atoms with E-state index in [1.54, 1.807) is 6.07 Å². The highest BCUT2D eigenvalue weighted by atomic mass is 35.5. The number of carbonyl (C=O) groups excluding carboxylic acids is 1. The maximum atomic E-state index is 13.1. The van der Waals surface area contributed by atoms with Crippen LogP contribution in [0.4, 0.5) is 18.9 Å². The summed E-state index contributed by atoms with van der Waals surface area (Å²) in [6.07, 6.45) is -5.61. The summed E-state index contributed by atoms with van der Waals surface area (Å²) in [6, 6.07) is 8.68. The Bertz CT molecular complexity index is 790. The summed E-state index contributed by atoms with van der Waals surface area (Å²) in [5.74, 6) is -0.177. The Labute approximate surface area is 148 Å². The average Bonchev–Trinajstić information content (AvgIpc) is 2.51. The number of benzene rings is 2. The molecule has 0 saturated carbocycles. The first-order valence-corrected chi connectivity index (χ1v) is 7.87. The van der Waals surface area contributed by atoms with E-state index < -0.39 is 23.8 Å². The SMILES string of the molecule is Cc1ccc(C)c(OC(C)C(=O)Nc2ccc(Cl)cc2C(F)(F)F)c1. The minimum absolute atomic E-state index is 0.0648. The van der Waals surface area contributed by atoms with Crippen molar-refractivity contribution in [3.05, 3.63) is 58.1 Å². The van der Waals surface area contributed by atoms with Gasteiger partial charge in [-0.3, -0.25) is 4.79 Å². The molecule has 1 N–H and O–H groups in total. The van der Waals surface area contributed by atoms with Crippen LogP contribution in [-0.2, 0) is 11.0 Å². The minimum Gasteiger partial charge on any atom is -0.481 e. The van der Waals surface area contributed by atoms with Gasteiger partial charge in [0.25, 0.3) is 5.91 Å². The van der Waals surface area contributed by atoms with Crippen LogP contribution >= 0.6 is 11.6 Å². The lowest BCUT2D eigenvalue weighted by Crippen LogP contribution is -2.31. The summed E-state index contributed by atoms with van der Waals surface area (Å²) in [5, 5.41) is 2.19. The number of halogens is 4. The van der Waals surface area contributed by atoms with E-state index >= 15 is 0 Å². The maximum Gasteiger partial charge on any atom is 0.418 e. The van der Waals surface area contributed by atoms with Crippen molar-refractivity contribution in [2.75, 3.05) is 5.32 Å². The molecule has 0 spiro atoms. The van der Waals surface area contributed by atoms with Crippen LogP contribution in [0.25, 0.3) is 0 Å². The Morgan fingerprint density at radius 2 is 1.84 bits per heavy atom. The molecule has 25 heavy (non-hydrogen) atoms. The van der Waals surface area contributed by atoms with Crippen molar-refractivity contribution in [1.82, 2.24) is 0 Å². The molecule has 2 rings (SSSR count). The van der Waals surface area contributed by atoms with Crippen molar-refractivity contribution in [3.8, 4) is 5.75 Å². The van der Waals surface area contributed by atoms with Crippen molar-refractivity contribution in [1.29, 1.82) is 0 Å². The number of rotatable bonds is 4. The first-order chi connectivity index (χ1) is 11.6. The zero-order chi connectivity index (χ0) is 18.8. The van der Waals surface area contributed by atoms with Crippen LogP contribution in [0.5, 0.6) is 5.75 Å².